The Hall–Kier alpha value is -1.61. The smallest absolute Gasteiger partial charge is 0.145 e. The van der Waals surface area contributed by atoms with Crippen molar-refractivity contribution in [3.05, 3.63) is 35.5 Å². The highest BCUT2D eigenvalue weighted by Crippen LogP contribution is 2.30. The maximum absolute atomic E-state index is 6.13. The van der Waals surface area contributed by atoms with Crippen molar-refractivity contribution >= 4 is 10.9 Å². The Morgan fingerprint density at radius 2 is 2.00 bits per heavy atom. The van der Waals surface area contributed by atoms with Crippen molar-refractivity contribution in [2.45, 2.75) is 32.7 Å². The third-order valence-electron chi connectivity index (χ3n) is 3.02. The molecule has 0 radical (unpaired) electrons. The molecule has 0 spiro atoms. The lowest BCUT2D eigenvalue weighted by Crippen LogP contribution is -2.34. The van der Waals surface area contributed by atoms with Crippen LogP contribution < -0.4 is 10.5 Å². The number of hydrogen-bond acceptors (Lipinski definition) is 3. The molecule has 0 aliphatic heterocycles. The van der Waals surface area contributed by atoms with Crippen LogP contribution in [0.2, 0.25) is 0 Å². The van der Waals surface area contributed by atoms with Gasteiger partial charge in [0.25, 0.3) is 0 Å². The van der Waals surface area contributed by atoms with Gasteiger partial charge in [0.1, 0.15) is 11.3 Å². The fourth-order valence-corrected chi connectivity index (χ4v) is 2.29. The highest BCUT2D eigenvalue weighted by Gasteiger charge is 2.16. The minimum absolute atomic E-state index is 0.232. The summed E-state index contributed by atoms with van der Waals surface area (Å²) in [6.07, 6.45) is 2.64. The van der Waals surface area contributed by atoms with Crippen LogP contribution in [0.1, 0.15) is 25.0 Å². The van der Waals surface area contributed by atoms with Gasteiger partial charge in [-0.25, -0.2) is 0 Å². The summed E-state index contributed by atoms with van der Waals surface area (Å²) >= 11 is 0. The molecule has 0 saturated heterocycles. The van der Waals surface area contributed by atoms with Crippen LogP contribution in [0, 0.1) is 6.92 Å². The third kappa shape index (κ3) is 2.46. The van der Waals surface area contributed by atoms with Crippen molar-refractivity contribution in [3.63, 3.8) is 0 Å². The predicted octanol–water partition coefficient (Wildman–Crippen LogP) is 2.83. The molecule has 1 aromatic carbocycles. The summed E-state index contributed by atoms with van der Waals surface area (Å²) in [5.74, 6) is 0.812. The van der Waals surface area contributed by atoms with Crippen molar-refractivity contribution in [2.24, 2.45) is 5.73 Å². The Kier molecular flexibility index (Phi) is 3.26. The number of hydrogen-bond donors (Lipinski definition) is 1. The molecule has 0 amide bonds. The summed E-state index contributed by atoms with van der Waals surface area (Å²) in [4.78, 5) is 4.44. The Morgan fingerprint density at radius 1 is 1.28 bits per heavy atom. The van der Waals surface area contributed by atoms with E-state index in [0.29, 0.717) is 0 Å². The molecular formula is C15H20N2O. The molecule has 0 saturated carbocycles. The molecule has 3 nitrogen and oxygen atoms in total. The standard InChI is InChI=1S/C15H20N2O/c1-10-7-8-17-14-12(18-4)6-5-11(13(10)14)9-15(2,3)16/h5-8H,9,16H2,1-4H3. The van der Waals surface area contributed by atoms with Gasteiger partial charge in [-0.2, -0.15) is 0 Å². The molecule has 2 rings (SSSR count). The van der Waals surface area contributed by atoms with E-state index in [1.807, 2.05) is 32.2 Å². The second kappa shape index (κ2) is 4.58. The second-order valence-electron chi connectivity index (χ2n) is 5.44. The van der Waals surface area contributed by atoms with Gasteiger partial charge in [-0.15, -0.1) is 0 Å². The van der Waals surface area contributed by atoms with E-state index in [2.05, 4.69) is 18.0 Å². The molecule has 0 aliphatic carbocycles. The van der Waals surface area contributed by atoms with Crippen LogP contribution in [0.3, 0.4) is 0 Å². The van der Waals surface area contributed by atoms with Crippen molar-refractivity contribution in [1.82, 2.24) is 4.98 Å². The van der Waals surface area contributed by atoms with Gasteiger partial charge in [0, 0.05) is 17.1 Å². The average Bonchev–Trinajstić information content (AvgIpc) is 2.27. The number of ether oxygens (including phenoxy) is 1. The first kappa shape index (κ1) is 12.8. The van der Waals surface area contributed by atoms with Gasteiger partial charge < -0.3 is 10.5 Å². The number of aromatic nitrogens is 1. The van der Waals surface area contributed by atoms with E-state index in [0.717, 1.165) is 23.1 Å². The maximum atomic E-state index is 6.13. The minimum atomic E-state index is -0.232. The van der Waals surface area contributed by atoms with Crippen LogP contribution in [-0.4, -0.2) is 17.6 Å². The van der Waals surface area contributed by atoms with Crippen molar-refractivity contribution in [2.75, 3.05) is 7.11 Å². The van der Waals surface area contributed by atoms with E-state index in [1.54, 1.807) is 7.11 Å². The molecule has 2 aromatic rings. The lowest BCUT2D eigenvalue weighted by molar-refractivity contribution is 0.418. The van der Waals surface area contributed by atoms with E-state index >= 15 is 0 Å². The zero-order valence-electron chi connectivity index (χ0n) is 11.4. The predicted molar refractivity (Wildman–Crippen MR) is 75.0 cm³/mol. The lowest BCUT2D eigenvalue weighted by Gasteiger charge is -2.20. The number of fused-ring (bicyclic) bond motifs is 1. The molecule has 96 valence electrons. The Bertz CT molecular complexity index is 570. The van der Waals surface area contributed by atoms with Crippen LogP contribution in [-0.2, 0) is 6.42 Å². The first-order valence-electron chi connectivity index (χ1n) is 6.12. The van der Waals surface area contributed by atoms with Gasteiger partial charge in [0.15, 0.2) is 0 Å². The summed E-state index contributed by atoms with van der Waals surface area (Å²) in [7, 11) is 1.67. The molecule has 18 heavy (non-hydrogen) atoms. The lowest BCUT2D eigenvalue weighted by atomic mass is 9.92. The molecule has 1 aromatic heterocycles. The normalized spacial score (nSPS) is 11.8. The molecule has 0 aliphatic rings. The largest absolute Gasteiger partial charge is 0.494 e. The van der Waals surface area contributed by atoms with Crippen LogP contribution in [0.15, 0.2) is 24.4 Å². The Morgan fingerprint density at radius 3 is 2.61 bits per heavy atom. The number of pyridine rings is 1. The van der Waals surface area contributed by atoms with E-state index in [-0.39, 0.29) is 5.54 Å². The number of benzene rings is 1. The summed E-state index contributed by atoms with van der Waals surface area (Å²) in [5.41, 5.74) is 9.24. The molecule has 3 heteroatoms. The van der Waals surface area contributed by atoms with Crippen molar-refractivity contribution in [1.29, 1.82) is 0 Å². The van der Waals surface area contributed by atoms with Crippen molar-refractivity contribution in [3.8, 4) is 5.75 Å². The fraction of sp³-hybridized carbons (Fsp3) is 0.400. The molecule has 0 atom stereocenters. The molecule has 0 bridgehead atoms. The topological polar surface area (TPSA) is 48.1 Å². The number of rotatable bonds is 3. The SMILES string of the molecule is COc1ccc(CC(C)(C)N)c2c(C)ccnc12. The quantitative estimate of drug-likeness (QED) is 0.903. The van der Waals surface area contributed by atoms with Crippen LogP contribution in [0.25, 0.3) is 10.9 Å². The van der Waals surface area contributed by atoms with Gasteiger partial charge >= 0.3 is 0 Å². The first-order valence-corrected chi connectivity index (χ1v) is 6.12. The number of methoxy groups -OCH3 is 1. The van der Waals surface area contributed by atoms with Gasteiger partial charge in [-0.1, -0.05) is 6.07 Å². The maximum Gasteiger partial charge on any atom is 0.145 e. The Balaban J connectivity index is 2.69. The fourth-order valence-electron chi connectivity index (χ4n) is 2.29. The summed E-state index contributed by atoms with van der Waals surface area (Å²) in [6, 6.07) is 6.08. The second-order valence-corrected chi connectivity index (χ2v) is 5.44. The number of aryl methyl sites for hydroxylation is 1. The number of nitrogens with zero attached hydrogens (tertiary/aromatic N) is 1. The van der Waals surface area contributed by atoms with E-state index in [1.165, 1.54) is 11.1 Å². The van der Waals surface area contributed by atoms with Crippen LogP contribution in [0.4, 0.5) is 0 Å². The van der Waals surface area contributed by atoms with Crippen molar-refractivity contribution < 1.29 is 4.74 Å². The summed E-state index contributed by atoms with van der Waals surface area (Å²) in [5, 5.41) is 1.16. The summed E-state index contributed by atoms with van der Waals surface area (Å²) in [6.45, 7) is 6.17. The zero-order chi connectivity index (χ0) is 13.3. The van der Waals surface area contributed by atoms with E-state index < -0.39 is 0 Å². The monoisotopic (exact) mass is 244 g/mol. The summed E-state index contributed by atoms with van der Waals surface area (Å²) < 4.78 is 5.37. The highest BCUT2D eigenvalue weighted by atomic mass is 16.5. The van der Waals surface area contributed by atoms with Crippen LogP contribution in [0.5, 0.6) is 5.75 Å². The van der Waals surface area contributed by atoms with E-state index in [9.17, 15) is 0 Å². The Labute approximate surface area is 108 Å². The average molecular weight is 244 g/mol. The van der Waals surface area contributed by atoms with E-state index in [4.69, 9.17) is 10.5 Å². The van der Waals surface area contributed by atoms with Gasteiger partial charge in [0.2, 0.25) is 0 Å². The van der Waals surface area contributed by atoms with Gasteiger partial charge in [0.05, 0.1) is 7.11 Å². The van der Waals surface area contributed by atoms with Crippen LogP contribution >= 0.6 is 0 Å². The third-order valence-corrected chi connectivity index (χ3v) is 3.02. The van der Waals surface area contributed by atoms with Gasteiger partial charge in [-0.3, -0.25) is 4.98 Å². The zero-order valence-corrected chi connectivity index (χ0v) is 11.4. The highest BCUT2D eigenvalue weighted by molar-refractivity contribution is 5.90. The molecule has 0 unspecified atom stereocenters. The number of nitrogens with two attached hydrogens (primary N) is 1. The molecule has 2 N–H and O–H groups in total. The first-order chi connectivity index (χ1) is 8.42. The molecular weight excluding hydrogens is 224 g/mol. The molecule has 1 heterocycles. The molecule has 0 fully saturated rings. The van der Waals surface area contributed by atoms with Gasteiger partial charge in [-0.05, 0) is 50.5 Å². The minimum Gasteiger partial charge on any atom is -0.494 e.